The van der Waals surface area contributed by atoms with Gasteiger partial charge in [-0.05, 0) is 54.2 Å². The second kappa shape index (κ2) is 12.5. The van der Waals surface area contributed by atoms with E-state index in [9.17, 15) is 14.0 Å². The molecule has 3 aromatic rings. The smallest absolute Gasteiger partial charge is 0.243 e. The van der Waals surface area contributed by atoms with Gasteiger partial charge >= 0.3 is 0 Å². The molecular weight excluding hydrogens is 451 g/mol. The average molecular weight is 487 g/mol. The van der Waals surface area contributed by atoms with E-state index in [4.69, 9.17) is 0 Å². The van der Waals surface area contributed by atoms with Crippen LogP contribution in [0.3, 0.4) is 0 Å². The van der Waals surface area contributed by atoms with Crippen LogP contribution in [0.5, 0.6) is 0 Å². The summed E-state index contributed by atoms with van der Waals surface area (Å²) in [7, 11) is 0. The molecule has 0 spiro atoms. The van der Waals surface area contributed by atoms with Gasteiger partial charge in [0.15, 0.2) is 0 Å². The molecule has 0 radical (unpaired) electrons. The summed E-state index contributed by atoms with van der Waals surface area (Å²) in [5.41, 5.74) is 3.81. The molecule has 1 atom stereocenters. The normalized spacial score (nSPS) is 14.7. The molecule has 5 heteroatoms. The molecule has 0 aliphatic heterocycles. The summed E-state index contributed by atoms with van der Waals surface area (Å²) in [6, 6.07) is 23.3. The Labute approximate surface area is 213 Å². The number of rotatable bonds is 9. The zero-order valence-corrected chi connectivity index (χ0v) is 21.0. The highest BCUT2D eigenvalue weighted by molar-refractivity contribution is 5.89. The maximum absolute atomic E-state index is 13.8. The maximum atomic E-state index is 13.8. The second-order valence-electron chi connectivity index (χ2n) is 9.80. The van der Waals surface area contributed by atoms with Crippen LogP contribution in [0.15, 0.2) is 78.9 Å². The van der Waals surface area contributed by atoms with Crippen LogP contribution < -0.4 is 5.32 Å². The van der Waals surface area contributed by atoms with E-state index in [1.165, 1.54) is 18.6 Å². The first-order chi connectivity index (χ1) is 17.5. The monoisotopic (exact) mass is 486 g/mol. The van der Waals surface area contributed by atoms with Crippen molar-refractivity contribution in [2.75, 3.05) is 0 Å². The largest absolute Gasteiger partial charge is 0.352 e. The third-order valence-corrected chi connectivity index (χ3v) is 7.09. The molecular formula is C31H35FN2O2. The Balaban J connectivity index is 1.65. The first-order valence-electron chi connectivity index (χ1n) is 12.9. The molecule has 1 unspecified atom stereocenters. The van der Waals surface area contributed by atoms with Gasteiger partial charge in [-0.15, -0.1) is 0 Å². The summed E-state index contributed by atoms with van der Waals surface area (Å²) in [6.45, 7) is 2.36. The Hall–Kier alpha value is -3.47. The molecule has 0 saturated heterocycles. The van der Waals surface area contributed by atoms with E-state index < -0.39 is 6.04 Å². The van der Waals surface area contributed by atoms with Crippen molar-refractivity contribution < 1.29 is 14.0 Å². The van der Waals surface area contributed by atoms with Crippen molar-refractivity contribution in [1.29, 1.82) is 0 Å². The number of amides is 2. The molecule has 0 aromatic heterocycles. The lowest BCUT2D eigenvalue weighted by molar-refractivity contribution is -0.141. The predicted molar refractivity (Wildman–Crippen MR) is 141 cm³/mol. The summed E-state index contributed by atoms with van der Waals surface area (Å²) in [6.07, 6.45) is 5.93. The second-order valence-corrected chi connectivity index (χ2v) is 9.80. The summed E-state index contributed by atoms with van der Waals surface area (Å²) < 4.78 is 13.5. The standard InChI is InChI=1S/C31H35FN2O2/c1-23-10-8-9-13-26(23)22-34(30(35)21-25-16-18-27(32)19-17-25)29(20-24-11-4-2-5-12-24)31(36)33-28-14-6-3-7-15-28/h2,4-5,8-13,16-19,28-29H,3,6-7,14-15,20-22H2,1H3,(H,33,36). The number of nitrogens with one attached hydrogen (secondary N) is 1. The molecule has 0 bridgehead atoms. The van der Waals surface area contributed by atoms with Gasteiger partial charge in [0.2, 0.25) is 11.8 Å². The Bertz CT molecular complexity index is 1140. The fourth-order valence-electron chi connectivity index (χ4n) is 4.95. The van der Waals surface area contributed by atoms with E-state index in [0.29, 0.717) is 13.0 Å². The number of carbonyl (C=O) groups is 2. The van der Waals surface area contributed by atoms with Gasteiger partial charge < -0.3 is 10.2 Å². The first-order valence-corrected chi connectivity index (χ1v) is 12.9. The zero-order valence-electron chi connectivity index (χ0n) is 21.0. The molecule has 3 aromatic carbocycles. The lowest BCUT2D eigenvalue weighted by Crippen LogP contribution is -2.53. The lowest BCUT2D eigenvalue weighted by atomic mass is 9.94. The highest BCUT2D eigenvalue weighted by Gasteiger charge is 2.32. The van der Waals surface area contributed by atoms with Crippen LogP contribution in [-0.2, 0) is 29.0 Å². The third kappa shape index (κ3) is 7.03. The van der Waals surface area contributed by atoms with Crippen molar-refractivity contribution in [3.63, 3.8) is 0 Å². The molecule has 4 rings (SSSR count). The number of benzene rings is 3. The van der Waals surface area contributed by atoms with Crippen molar-refractivity contribution in [2.24, 2.45) is 0 Å². The van der Waals surface area contributed by atoms with Gasteiger partial charge in [0.1, 0.15) is 11.9 Å². The van der Waals surface area contributed by atoms with E-state index in [0.717, 1.165) is 47.9 Å². The van der Waals surface area contributed by atoms with Crippen molar-refractivity contribution >= 4 is 11.8 Å². The topological polar surface area (TPSA) is 49.4 Å². The Morgan fingerprint density at radius 1 is 0.889 bits per heavy atom. The molecule has 1 fully saturated rings. The van der Waals surface area contributed by atoms with Crippen LogP contribution in [0, 0.1) is 12.7 Å². The molecule has 2 amide bonds. The predicted octanol–water partition coefficient (Wildman–Crippen LogP) is 5.77. The highest BCUT2D eigenvalue weighted by atomic mass is 19.1. The Kier molecular flexibility index (Phi) is 8.88. The summed E-state index contributed by atoms with van der Waals surface area (Å²) in [5, 5.41) is 3.26. The summed E-state index contributed by atoms with van der Waals surface area (Å²) >= 11 is 0. The average Bonchev–Trinajstić information content (AvgIpc) is 2.89. The molecule has 188 valence electrons. The molecule has 36 heavy (non-hydrogen) atoms. The fourth-order valence-corrected chi connectivity index (χ4v) is 4.95. The van der Waals surface area contributed by atoms with Gasteiger partial charge in [-0.2, -0.15) is 0 Å². The molecule has 1 saturated carbocycles. The Morgan fingerprint density at radius 2 is 1.56 bits per heavy atom. The van der Waals surface area contributed by atoms with Gasteiger partial charge in [0.05, 0.1) is 6.42 Å². The van der Waals surface area contributed by atoms with Crippen LogP contribution in [-0.4, -0.2) is 28.8 Å². The highest BCUT2D eigenvalue weighted by Crippen LogP contribution is 2.21. The summed E-state index contributed by atoms with van der Waals surface area (Å²) in [4.78, 5) is 29.3. The van der Waals surface area contributed by atoms with Crippen LogP contribution in [0.1, 0.15) is 54.4 Å². The Morgan fingerprint density at radius 3 is 2.25 bits per heavy atom. The number of aryl methyl sites for hydroxylation is 1. The third-order valence-electron chi connectivity index (χ3n) is 7.09. The molecule has 4 nitrogen and oxygen atoms in total. The van der Waals surface area contributed by atoms with Crippen LogP contribution in [0.25, 0.3) is 0 Å². The van der Waals surface area contributed by atoms with E-state index in [-0.39, 0.29) is 30.1 Å². The number of nitrogens with zero attached hydrogens (tertiary/aromatic N) is 1. The minimum Gasteiger partial charge on any atom is -0.352 e. The fraction of sp³-hybridized carbons (Fsp3) is 0.355. The number of hydrogen-bond donors (Lipinski definition) is 1. The minimum absolute atomic E-state index is 0.105. The number of halogens is 1. The van der Waals surface area contributed by atoms with Gasteiger partial charge in [0.25, 0.3) is 0 Å². The molecule has 1 aliphatic carbocycles. The molecule has 1 aliphatic rings. The van der Waals surface area contributed by atoms with E-state index in [1.807, 2.05) is 61.5 Å². The zero-order chi connectivity index (χ0) is 25.3. The van der Waals surface area contributed by atoms with E-state index in [2.05, 4.69) is 5.32 Å². The van der Waals surface area contributed by atoms with Gasteiger partial charge in [-0.25, -0.2) is 4.39 Å². The van der Waals surface area contributed by atoms with Crippen molar-refractivity contribution in [3.05, 3.63) is 107 Å². The molecule has 0 heterocycles. The van der Waals surface area contributed by atoms with Gasteiger partial charge in [0, 0.05) is 19.0 Å². The van der Waals surface area contributed by atoms with Crippen LogP contribution >= 0.6 is 0 Å². The quantitative estimate of drug-likeness (QED) is 0.418. The van der Waals surface area contributed by atoms with E-state index in [1.54, 1.807) is 17.0 Å². The van der Waals surface area contributed by atoms with Crippen LogP contribution in [0.2, 0.25) is 0 Å². The summed E-state index contributed by atoms with van der Waals surface area (Å²) in [5.74, 6) is -0.590. The van der Waals surface area contributed by atoms with Crippen LogP contribution in [0.4, 0.5) is 4.39 Å². The number of carbonyl (C=O) groups excluding carboxylic acids is 2. The van der Waals surface area contributed by atoms with Crippen molar-refractivity contribution in [1.82, 2.24) is 10.2 Å². The van der Waals surface area contributed by atoms with Crippen molar-refractivity contribution in [2.45, 2.75) is 70.5 Å². The minimum atomic E-state index is -0.651. The van der Waals surface area contributed by atoms with E-state index >= 15 is 0 Å². The number of hydrogen-bond acceptors (Lipinski definition) is 2. The SMILES string of the molecule is Cc1ccccc1CN(C(=O)Cc1ccc(F)cc1)C(Cc1ccccc1)C(=O)NC1CCCCC1. The lowest BCUT2D eigenvalue weighted by Gasteiger charge is -2.34. The first kappa shape index (κ1) is 25.6. The van der Waals surface area contributed by atoms with Gasteiger partial charge in [-0.3, -0.25) is 9.59 Å². The van der Waals surface area contributed by atoms with Gasteiger partial charge in [-0.1, -0.05) is 86.0 Å². The van der Waals surface area contributed by atoms with Crippen molar-refractivity contribution in [3.8, 4) is 0 Å². The molecule has 1 N–H and O–H groups in total. The maximum Gasteiger partial charge on any atom is 0.243 e.